The summed E-state index contributed by atoms with van der Waals surface area (Å²) in [5.41, 5.74) is 35.6. The number of rotatable bonds is 3. The number of aromatic nitrogens is 4. The van der Waals surface area contributed by atoms with Gasteiger partial charge in [-0.15, -0.1) is 0 Å². The van der Waals surface area contributed by atoms with Crippen molar-refractivity contribution in [1.29, 1.82) is 0 Å². The maximum absolute atomic E-state index is 4.58. The smallest absolute Gasteiger partial charge is 0.219 e. The van der Waals surface area contributed by atoms with Crippen molar-refractivity contribution in [3.63, 3.8) is 0 Å². The van der Waals surface area contributed by atoms with Crippen LogP contribution in [0.1, 0.15) is 72.8 Å². The van der Waals surface area contributed by atoms with Crippen LogP contribution in [0, 0.1) is 13.8 Å². The Kier molecular flexibility index (Phi) is 22.0. The van der Waals surface area contributed by atoms with Gasteiger partial charge in [-0.3, -0.25) is 9.97 Å². The molecule has 0 saturated heterocycles. The molecule has 112 heavy (non-hydrogen) atoms. The lowest BCUT2D eigenvalue weighted by Gasteiger charge is -2.13. The van der Waals surface area contributed by atoms with Crippen LogP contribution in [0.4, 0.5) is 0 Å². The van der Waals surface area contributed by atoms with Crippen molar-refractivity contribution in [3.8, 4) is 50.2 Å². The van der Waals surface area contributed by atoms with E-state index >= 15 is 0 Å². The van der Waals surface area contributed by atoms with Gasteiger partial charge >= 0.3 is 0 Å². The molecule has 4 aliphatic rings. The summed E-state index contributed by atoms with van der Waals surface area (Å²) >= 11 is 0. The molecular weight excluding hydrogens is 1420 g/mol. The molecule has 4 aliphatic carbocycles. The first-order valence-electron chi connectivity index (χ1n) is 38.2. The van der Waals surface area contributed by atoms with E-state index in [9.17, 15) is 0 Å². The summed E-state index contributed by atoms with van der Waals surface area (Å²) in [5.74, 6) is 0.383. The molecular formula is C107H81BrN4. The molecule has 0 aliphatic heterocycles. The Balaban J connectivity index is 0.0000000997. The minimum atomic E-state index is 0. The Hall–Kier alpha value is -13.6. The normalized spacial score (nSPS) is 11.6. The molecule has 19 aromatic rings. The van der Waals surface area contributed by atoms with Gasteiger partial charge in [0.1, 0.15) is 0 Å². The zero-order valence-corrected chi connectivity index (χ0v) is 64.2. The van der Waals surface area contributed by atoms with E-state index in [2.05, 4.69) is 367 Å². The highest BCUT2D eigenvalue weighted by Crippen LogP contribution is 2.48. The average molecular weight is 1500 g/mol. The molecule has 0 bridgehead atoms. The van der Waals surface area contributed by atoms with Crippen LogP contribution >= 0.6 is 0 Å². The van der Waals surface area contributed by atoms with Crippen LogP contribution in [-0.4, -0.2) is 15.0 Å². The second kappa shape index (κ2) is 33.9. The van der Waals surface area contributed by atoms with E-state index in [4.69, 9.17) is 0 Å². The summed E-state index contributed by atoms with van der Waals surface area (Å²) in [7, 11) is 0. The minimum absolute atomic E-state index is 0. The number of halogens is 1. The highest BCUT2D eigenvalue weighted by atomic mass is 79.9. The van der Waals surface area contributed by atoms with Crippen molar-refractivity contribution in [3.05, 3.63) is 486 Å². The quantitative estimate of drug-likeness (QED) is 0.131. The van der Waals surface area contributed by atoms with Crippen LogP contribution in [0.25, 0.3) is 116 Å². The van der Waals surface area contributed by atoms with Crippen LogP contribution in [0.15, 0.2) is 419 Å². The average Bonchev–Trinajstić information content (AvgIpc) is 1.71. The fourth-order valence-corrected chi connectivity index (χ4v) is 16.0. The van der Waals surface area contributed by atoms with Crippen LogP contribution in [-0.2, 0) is 12.8 Å². The summed E-state index contributed by atoms with van der Waals surface area (Å²) in [5, 5.41) is 6.12. The number of nitrogens with zero attached hydrogens (tertiary/aromatic N) is 4. The van der Waals surface area contributed by atoms with E-state index in [1.165, 1.54) is 155 Å². The highest BCUT2D eigenvalue weighted by Gasteiger charge is 2.29. The Morgan fingerprint density at radius 1 is 0.277 bits per heavy atom. The van der Waals surface area contributed by atoms with Crippen molar-refractivity contribution in [1.82, 2.24) is 15.0 Å². The van der Waals surface area contributed by atoms with E-state index in [0.717, 1.165) is 35.1 Å². The number of hydrogen-bond donors (Lipinski definition) is 0. The number of pyridine rings is 4. The topological polar surface area (TPSA) is 42.5 Å². The van der Waals surface area contributed by atoms with Crippen molar-refractivity contribution in [2.75, 3.05) is 0 Å². The largest absolute Gasteiger partial charge is 1.00 e. The molecule has 4 nitrogen and oxygen atoms in total. The molecule has 0 unspecified atom stereocenters. The number of para-hydroxylation sites is 6. The maximum atomic E-state index is 4.58. The van der Waals surface area contributed by atoms with Gasteiger partial charge in [0.2, 0.25) is 16.7 Å². The van der Waals surface area contributed by atoms with Gasteiger partial charge in [0, 0.05) is 69.5 Å². The standard InChI is InChI=1S/C19H13N.C19H14N.C19H14.C15H14.C13H9N.C13H10.C9H7N.BrH/c1-3-10-17-15(8-1)16-9-2-4-11-18(16)19(17)13-14-7-5-6-12-20-14;1-2-10-17(11-3-1)20-18-12-6-4-8-15(18)14-16-9-5-7-13-19(16)20;1-2-8-14(9-3-1)19-17-12-6-4-10-15(17)16-11-5-7-13-18(16)19;1-10-3-5-12-9-13-6-4-11(2)8-15(13)14(12)7-10;1-3-7-12-10(5-1)9-11-6-2-4-8-13(11)14-12;1-3-7-12-10(5-1)9-11-6-2-4-8-13(11)12;1-2-6-9-8(4-1)5-3-7-10-9;/h1-13H;1-14H;1-13,19H;3-8H,9H2,1-2H3;1-9H;1-8H,9H2;1-7H;1H/q;+1;;;;;;/p-1. The van der Waals surface area contributed by atoms with E-state index in [1.807, 2.05) is 91.3 Å². The molecule has 0 saturated carbocycles. The van der Waals surface area contributed by atoms with Crippen molar-refractivity contribution in [2.24, 2.45) is 0 Å². The Morgan fingerprint density at radius 2 is 0.661 bits per heavy atom. The summed E-state index contributed by atoms with van der Waals surface area (Å²) in [6.45, 7) is 4.32. The summed E-state index contributed by atoms with van der Waals surface area (Å²) in [6.07, 6.45) is 8.02. The molecule has 0 amide bonds. The molecule has 15 aromatic carbocycles. The zero-order chi connectivity index (χ0) is 74.7. The predicted octanol–water partition coefficient (Wildman–Crippen LogP) is 23.5. The van der Waals surface area contributed by atoms with Crippen molar-refractivity contribution < 1.29 is 21.5 Å². The van der Waals surface area contributed by atoms with Crippen molar-refractivity contribution in [2.45, 2.75) is 32.6 Å². The molecule has 536 valence electrons. The van der Waals surface area contributed by atoms with Crippen molar-refractivity contribution >= 4 is 66.2 Å². The van der Waals surface area contributed by atoms with Gasteiger partial charge in [-0.1, -0.05) is 333 Å². The van der Waals surface area contributed by atoms with Gasteiger partial charge in [0.05, 0.1) is 22.2 Å². The summed E-state index contributed by atoms with van der Waals surface area (Å²) < 4.78 is 2.32. The summed E-state index contributed by atoms with van der Waals surface area (Å²) in [6, 6.07) is 143. The fourth-order valence-electron chi connectivity index (χ4n) is 16.0. The van der Waals surface area contributed by atoms with E-state index in [0.29, 0.717) is 5.92 Å². The van der Waals surface area contributed by atoms with Crippen LogP contribution in [0.3, 0.4) is 0 Å². The van der Waals surface area contributed by atoms with Gasteiger partial charge in [0.15, 0.2) is 0 Å². The Morgan fingerprint density at radius 3 is 1.18 bits per heavy atom. The third-order valence-electron chi connectivity index (χ3n) is 21.2. The summed E-state index contributed by atoms with van der Waals surface area (Å²) in [4.78, 5) is 13.2. The van der Waals surface area contributed by atoms with Crippen LogP contribution in [0.2, 0.25) is 0 Å². The highest BCUT2D eigenvalue weighted by molar-refractivity contribution is 6.06. The third kappa shape index (κ3) is 15.7. The lowest BCUT2D eigenvalue weighted by molar-refractivity contribution is -0.538. The van der Waals surface area contributed by atoms with Gasteiger partial charge in [-0.25, -0.2) is 4.98 Å². The lowest BCUT2D eigenvalue weighted by atomic mass is 9.89. The molecule has 5 heteroatoms. The molecule has 0 atom stereocenters. The molecule has 4 heterocycles. The second-order valence-electron chi connectivity index (χ2n) is 28.4. The first-order valence-corrected chi connectivity index (χ1v) is 38.2. The second-order valence-corrected chi connectivity index (χ2v) is 28.4. The number of benzene rings is 15. The fraction of sp³-hybridized carbons (Fsp3) is 0.0467. The van der Waals surface area contributed by atoms with E-state index < -0.39 is 0 Å². The number of fused-ring (bicyclic) bond motifs is 17. The molecule has 0 radical (unpaired) electrons. The molecule has 4 aromatic heterocycles. The number of hydrogen-bond acceptors (Lipinski definition) is 3. The molecule has 0 spiro atoms. The Bertz CT molecular complexity index is 6160. The zero-order valence-electron chi connectivity index (χ0n) is 62.6. The van der Waals surface area contributed by atoms with Gasteiger partial charge < -0.3 is 17.0 Å². The maximum Gasteiger partial charge on any atom is 0.219 e. The third-order valence-corrected chi connectivity index (χ3v) is 21.2. The molecule has 23 rings (SSSR count). The van der Waals surface area contributed by atoms with Gasteiger partial charge in [0.25, 0.3) is 0 Å². The Labute approximate surface area is 666 Å². The monoisotopic (exact) mass is 1500 g/mol. The first-order chi connectivity index (χ1) is 54.9. The SMILES string of the molecule is C(=C1c2ccccc2-c2ccccc21)c1ccccn1.Cc1ccc2c(c1)-c1cc(C)ccc1C2.[Br-].c1ccc(-[n+]2c3ccccc3cc3ccccc32)cc1.c1ccc(C2c3ccccc3-c3ccccc32)cc1.c1ccc2c(c1)Cc1ccccc1-2.c1ccc2nc3ccccc3cc2c1.c1ccc2ncccc2c1. The molecule has 0 fully saturated rings. The molecule has 0 N–H and O–H groups in total. The minimum Gasteiger partial charge on any atom is -1.00 e. The van der Waals surface area contributed by atoms with Crippen LogP contribution in [0.5, 0.6) is 0 Å². The van der Waals surface area contributed by atoms with Gasteiger partial charge in [-0.2, -0.15) is 4.57 Å². The first kappa shape index (κ1) is 72.6. The van der Waals surface area contributed by atoms with E-state index in [-0.39, 0.29) is 17.0 Å². The predicted molar refractivity (Wildman–Crippen MR) is 465 cm³/mol. The van der Waals surface area contributed by atoms with Crippen LogP contribution < -0.4 is 21.5 Å². The lowest BCUT2D eigenvalue weighted by Crippen LogP contribution is -3.00. The van der Waals surface area contributed by atoms with Gasteiger partial charge in [-0.05, 0) is 194 Å². The number of aryl methyl sites for hydroxylation is 2. The van der Waals surface area contributed by atoms with E-state index in [1.54, 1.807) is 0 Å².